The summed E-state index contributed by atoms with van der Waals surface area (Å²) in [6.45, 7) is 1.89. The fraction of sp³-hybridized carbons (Fsp3) is 0.500. The molecule has 0 saturated heterocycles. The minimum absolute atomic E-state index is 0.196. The van der Waals surface area contributed by atoms with E-state index in [2.05, 4.69) is 5.10 Å². The van der Waals surface area contributed by atoms with Gasteiger partial charge in [-0.05, 0) is 0 Å². The zero-order valence-electron chi connectivity index (χ0n) is 6.85. The summed E-state index contributed by atoms with van der Waals surface area (Å²) in [7, 11) is 1.48. The van der Waals surface area contributed by atoms with Crippen LogP contribution in [0.3, 0.4) is 0 Å². The lowest BCUT2D eigenvalue weighted by molar-refractivity contribution is -0.554. The van der Waals surface area contributed by atoms with Crippen molar-refractivity contribution in [2.75, 3.05) is 7.11 Å². The highest BCUT2D eigenvalue weighted by Crippen LogP contribution is 2.03. The summed E-state index contributed by atoms with van der Waals surface area (Å²) in [4.78, 5) is 11.1. The number of rotatable bonds is 3. The molecule has 0 aliphatic heterocycles. The Morgan fingerprint density at radius 1 is 1.83 bits per heavy atom. The van der Waals surface area contributed by atoms with Gasteiger partial charge in [-0.1, -0.05) is 0 Å². The molecule has 66 valence electrons. The van der Waals surface area contributed by atoms with Gasteiger partial charge in [0.15, 0.2) is 5.69 Å². The summed E-state index contributed by atoms with van der Waals surface area (Å²) >= 11 is 0. The number of methoxy groups -OCH3 is 1. The monoisotopic (exact) mass is 171 g/mol. The van der Waals surface area contributed by atoms with Gasteiger partial charge in [0.25, 0.3) is 0 Å². The Morgan fingerprint density at radius 3 is 3.00 bits per heavy atom. The number of aryl methyl sites for hydroxylation is 1. The highest BCUT2D eigenvalue weighted by molar-refractivity contribution is 5.06. The van der Waals surface area contributed by atoms with Crippen LogP contribution in [-0.4, -0.2) is 22.0 Å². The predicted octanol–water partition coefficient (Wildman–Crippen LogP) is 0.378. The minimum Gasteiger partial charge on any atom is -0.378 e. The molecule has 12 heavy (non-hydrogen) atoms. The molecule has 1 heterocycles. The van der Waals surface area contributed by atoms with E-state index in [1.165, 1.54) is 7.11 Å². The third-order valence-electron chi connectivity index (χ3n) is 1.33. The van der Waals surface area contributed by atoms with Crippen LogP contribution >= 0.6 is 0 Å². The maximum Gasteiger partial charge on any atom is 0.177 e. The average molecular weight is 171 g/mol. The molecular weight excluding hydrogens is 162 g/mol. The first-order chi connectivity index (χ1) is 5.65. The third-order valence-corrected chi connectivity index (χ3v) is 1.33. The van der Waals surface area contributed by atoms with Gasteiger partial charge in [0.1, 0.15) is 5.69 Å². The highest BCUT2D eigenvalue weighted by atomic mass is 16.7. The highest BCUT2D eigenvalue weighted by Gasteiger charge is 2.13. The molecule has 1 rings (SSSR count). The van der Waals surface area contributed by atoms with Crippen LogP contribution < -0.4 is 0 Å². The van der Waals surface area contributed by atoms with Crippen LogP contribution in [0, 0.1) is 17.0 Å². The molecule has 0 aromatic carbocycles. The van der Waals surface area contributed by atoms with Gasteiger partial charge in [-0.2, -0.15) is 0 Å². The van der Waals surface area contributed by atoms with E-state index >= 15 is 0 Å². The van der Waals surface area contributed by atoms with Crippen LogP contribution in [-0.2, 0) is 11.3 Å². The predicted molar refractivity (Wildman–Crippen MR) is 40.1 cm³/mol. The second kappa shape index (κ2) is 3.31. The van der Waals surface area contributed by atoms with Gasteiger partial charge in [-0.3, -0.25) is 0 Å². The molecule has 0 radical (unpaired) electrons. The molecule has 0 atom stereocenters. The van der Waals surface area contributed by atoms with Gasteiger partial charge in [0.05, 0.1) is 11.6 Å². The van der Waals surface area contributed by atoms with Crippen LogP contribution in [0.25, 0.3) is 0 Å². The van der Waals surface area contributed by atoms with Crippen molar-refractivity contribution in [3.05, 3.63) is 27.6 Å². The molecule has 0 amide bonds. The molecule has 0 unspecified atom stereocenters. The zero-order valence-corrected chi connectivity index (χ0v) is 6.85. The fourth-order valence-electron chi connectivity index (χ4n) is 0.930. The Bertz CT molecular complexity index is 294. The maximum atomic E-state index is 10.4. The number of nitrogens with zero attached hydrogens (tertiary/aromatic N) is 3. The smallest absolute Gasteiger partial charge is 0.177 e. The van der Waals surface area contributed by atoms with Crippen molar-refractivity contribution in [3.8, 4) is 0 Å². The van der Waals surface area contributed by atoms with Crippen molar-refractivity contribution >= 4 is 0 Å². The Hall–Kier alpha value is -1.43. The number of aromatic nitrogens is 2. The van der Waals surface area contributed by atoms with E-state index in [0.717, 1.165) is 4.79 Å². The van der Waals surface area contributed by atoms with E-state index in [9.17, 15) is 10.1 Å². The second-order valence-corrected chi connectivity index (χ2v) is 2.34. The van der Waals surface area contributed by atoms with Gasteiger partial charge in [-0.15, -0.1) is 0 Å². The van der Waals surface area contributed by atoms with Gasteiger partial charge in [0, 0.05) is 30.0 Å². The molecule has 6 nitrogen and oxygen atoms in total. The van der Waals surface area contributed by atoms with Crippen molar-refractivity contribution in [2.24, 2.45) is 0 Å². The van der Waals surface area contributed by atoms with Gasteiger partial charge < -0.3 is 14.9 Å². The van der Waals surface area contributed by atoms with Crippen LogP contribution in [0.4, 0.5) is 0 Å². The normalized spacial score (nSPS) is 10.2. The molecule has 0 saturated carbocycles. The quantitative estimate of drug-likeness (QED) is 0.486. The number of hydrogen-bond donors (Lipinski definition) is 0. The van der Waals surface area contributed by atoms with Crippen molar-refractivity contribution in [3.63, 3.8) is 0 Å². The second-order valence-electron chi connectivity index (χ2n) is 2.34. The van der Waals surface area contributed by atoms with Crippen LogP contribution in [0.2, 0.25) is 0 Å². The molecule has 0 fully saturated rings. The fourth-order valence-corrected chi connectivity index (χ4v) is 0.930. The first-order valence-electron chi connectivity index (χ1n) is 3.34. The lowest BCUT2D eigenvalue weighted by Gasteiger charge is -1.96. The summed E-state index contributed by atoms with van der Waals surface area (Å²) in [5.74, 6) is 0. The molecule has 0 N–H and O–H groups in total. The van der Waals surface area contributed by atoms with E-state index in [1.807, 2.05) is 0 Å². The lowest BCUT2D eigenvalue weighted by Crippen LogP contribution is -2.14. The molecule has 0 aliphatic rings. The van der Waals surface area contributed by atoms with Crippen LogP contribution in [0.5, 0.6) is 0 Å². The SMILES string of the molecule is COCc1cc(C)nn1[N+](=O)[O-]. The number of hydrogen-bond acceptors (Lipinski definition) is 4. The first-order valence-corrected chi connectivity index (χ1v) is 3.34. The van der Waals surface area contributed by atoms with E-state index in [0.29, 0.717) is 11.4 Å². The summed E-state index contributed by atoms with van der Waals surface area (Å²) in [6.07, 6.45) is 0. The van der Waals surface area contributed by atoms with Crippen molar-refractivity contribution < 1.29 is 9.77 Å². The maximum absolute atomic E-state index is 10.4. The standard InChI is InChI=1S/C6H9N3O3/c1-5-3-6(4-12-2)8(7-5)9(10)11/h3H,4H2,1-2H3. The first kappa shape index (κ1) is 8.66. The Kier molecular flexibility index (Phi) is 2.39. The summed E-state index contributed by atoms with van der Waals surface area (Å²) in [5.41, 5.74) is 1.05. The van der Waals surface area contributed by atoms with Gasteiger partial charge in [0.2, 0.25) is 0 Å². The summed E-state index contributed by atoms with van der Waals surface area (Å²) in [5, 5.41) is 13.4. The Balaban J connectivity index is 2.99. The number of ether oxygens (including phenoxy) is 1. The molecule has 1 aromatic heterocycles. The third kappa shape index (κ3) is 1.59. The van der Waals surface area contributed by atoms with E-state index in [-0.39, 0.29) is 6.61 Å². The Morgan fingerprint density at radius 2 is 2.50 bits per heavy atom. The van der Waals surface area contributed by atoms with Gasteiger partial charge in [-0.25, -0.2) is 0 Å². The summed E-state index contributed by atoms with van der Waals surface area (Å²) in [6, 6.07) is 1.62. The van der Waals surface area contributed by atoms with Crippen LogP contribution in [0.15, 0.2) is 6.07 Å². The molecule has 0 spiro atoms. The average Bonchev–Trinajstić information content (AvgIpc) is 2.32. The van der Waals surface area contributed by atoms with Gasteiger partial charge >= 0.3 is 0 Å². The minimum atomic E-state index is -0.582. The van der Waals surface area contributed by atoms with E-state index in [1.54, 1.807) is 13.0 Å². The van der Waals surface area contributed by atoms with Crippen molar-refractivity contribution in [2.45, 2.75) is 13.5 Å². The van der Waals surface area contributed by atoms with Crippen LogP contribution in [0.1, 0.15) is 11.4 Å². The molecule has 0 aliphatic carbocycles. The van der Waals surface area contributed by atoms with E-state index < -0.39 is 5.03 Å². The largest absolute Gasteiger partial charge is 0.378 e. The summed E-state index contributed by atoms with van der Waals surface area (Å²) < 4.78 is 4.77. The molecular formula is C6H9N3O3. The molecule has 0 bridgehead atoms. The van der Waals surface area contributed by atoms with Crippen molar-refractivity contribution in [1.29, 1.82) is 0 Å². The molecule has 6 heteroatoms. The topological polar surface area (TPSA) is 70.2 Å². The number of nitro groups is 1. The van der Waals surface area contributed by atoms with E-state index in [4.69, 9.17) is 4.74 Å². The lowest BCUT2D eigenvalue weighted by atomic mass is 10.4. The molecule has 1 aromatic rings. The Labute approximate surface area is 68.9 Å². The van der Waals surface area contributed by atoms with Crippen molar-refractivity contribution in [1.82, 2.24) is 9.89 Å². The zero-order chi connectivity index (χ0) is 9.14.